The first-order chi connectivity index (χ1) is 16.0. The number of methoxy groups -OCH3 is 1. The van der Waals surface area contributed by atoms with Crippen molar-refractivity contribution >= 4 is 22.6 Å². The van der Waals surface area contributed by atoms with Crippen LogP contribution in [0, 0.1) is 6.92 Å². The molecule has 2 aliphatic rings. The average molecular weight is 453 g/mol. The number of nitrogens with two attached hydrogens (primary N) is 1. The van der Waals surface area contributed by atoms with Gasteiger partial charge in [0.1, 0.15) is 23.3 Å². The minimum Gasteiger partial charge on any atom is -0.578 e. The molecule has 5 N–H and O–H groups in total. The second-order valence-corrected chi connectivity index (χ2v) is 9.27. The number of hydrogen-bond acceptors (Lipinski definition) is 6. The van der Waals surface area contributed by atoms with E-state index in [4.69, 9.17) is 20.6 Å². The summed E-state index contributed by atoms with van der Waals surface area (Å²) < 4.78 is 5.83. The summed E-state index contributed by atoms with van der Waals surface area (Å²) in [6.07, 6.45) is 7.58. The number of fused-ring (bicyclic) bond motifs is 1. The number of hydrogen-bond donors (Lipinski definition) is 2. The van der Waals surface area contributed by atoms with Crippen molar-refractivity contribution in [3.8, 4) is 0 Å². The fraction of sp³-hybridized carbons (Fsp3) is 0.538. The zero-order valence-corrected chi connectivity index (χ0v) is 20.2. The predicted molar refractivity (Wildman–Crippen MR) is 136 cm³/mol. The van der Waals surface area contributed by atoms with E-state index in [1.54, 1.807) is 7.11 Å². The largest absolute Gasteiger partial charge is 0.578 e. The van der Waals surface area contributed by atoms with Crippen molar-refractivity contribution in [2.75, 3.05) is 25.1 Å². The van der Waals surface area contributed by atoms with Crippen molar-refractivity contribution < 1.29 is 9.84 Å². The Labute approximate surface area is 196 Å². The van der Waals surface area contributed by atoms with Gasteiger partial charge in [-0.3, -0.25) is 0 Å². The molecule has 1 atom stereocenters. The number of aliphatic imine (C=N–C) groups is 1. The first-order valence-electron chi connectivity index (χ1n) is 12.2. The van der Waals surface area contributed by atoms with Gasteiger partial charge < -0.3 is 25.8 Å². The van der Waals surface area contributed by atoms with E-state index in [1.165, 1.54) is 37.8 Å². The van der Waals surface area contributed by atoms with Gasteiger partial charge in [-0.05, 0) is 44.4 Å². The number of anilines is 1. The molecule has 1 aliphatic carbocycles. The number of aryl methyl sites for hydroxylation is 1. The molecule has 1 aromatic carbocycles. The average Bonchev–Trinajstić information content (AvgIpc) is 2.84. The molecule has 0 radical (unpaired) electrons. The maximum Gasteiger partial charge on any atom is 0.365 e. The zero-order chi connectivity index (χ0) is 23.4. The van der Waals surface area contributed by atoms with Crippen LogP contribution in [-0.4, -0.2) is 48.4 Å². The van der Waals surface area contributed by atoms with E-state index in [0.717, 1.165) is 46.6 Å². The molecule has 2 aromatic rings. The van der Waals surface area contributed by atoms with E-state index in [-0.39, 0.29) is 12.1 Å². The van der Waals surface area contributed by atoms with E-state index in [2.05, 4.69) is 34.3 Å². The Morgan fingerprint density at radius 3 is 2.82 bits per heavy atom. The molecule has 7 nitrogen and oxygen atoms in total. The third-order valence-electron chi connectivity index (χ3n) is 6.75. The number of benzene rings is 1. The molecular weight excluding hydrogens is 414 g/mol. The van der Waals surface area contributed by atoms with Crippen LogP contribution in [0.25, 0.3) is 10.9 Å². The van der Waals surface area contributed by atoms with Gasteiger partial charge in [0, 0.05) is 24.4 Å². The lowest BCUT2D eigenvalue weighted by atomic mass is 9.95. The minimum atomic E-state index is -0.388. The minimum absolute atomic E-state index is 0.185. The number of rotatable bonds is 7. The maximum absolute atomic E-state index is 8.69. The fourth-order valence-electron chi connectivity index (χ4n) is 4.78. The molecule has 2 heterocycles. The molecule has 4 rings (SSSR count). The topological polar surface area (TPSA) is 98.7 Å². The van der Waals surface area contributed by atoms with Gasteiger partial charge in [-0.2, -0.15) is 4.99 Å². The van der Waals surface area contributed by atoms with Gasteiger partial charge >= 0.3 is 5.90 Å². The molecular formula is C26H38N5O2+. The Kier molecular flexibility index (Phi) is 7.38. The summed E-state index contributed by atoms with van der Waals surface area (Å²) in [5.74, 6) is 1.91. The van der Waals surface area contributed by atoms with Crippen LogP contribution < -0.4 is 16.0 Å². The second kappa shape index (κ2) is 10.4. The number of pyridine rings is 1. The fourth-order valence-corrected chi connectivity index (χ4v) is 4.78. The Hall–Kier alpha value is -2.80. The summed E-state index contributed by atoms with van der Waals surface area (Å²) in [6, 6.07) is 8.80. The molecule has 1 unspecified atom stereocenters. The summed E-state index contributed by atoms with van der Waals surface area (Å²) in [7, 11) is 1.75. The van der Waals surface area contributed by atoms with Crippen LogP contribution in [0.4, 0.5) is 5.82 Å². The maximum atomic E-state index is 8.69. The lowest BCUT2D eigenvalue weighted by Gasteiger charge is -2.34. The van der Waals surface area contributed by atoms with Gasteiger partial charge in [0.2, 0.25) is 0 Å². The van der Waals surface area contributed by atoms with Crippen LogP contribution in [0.5, 0.6) is 0 Å². The number of nitrogens with zero attached hydrogens (tertiary/aromatic N) is 3. The third kappa shape index (κ3) is 5.41. The molecule has 1 aliphatic heterocycles. The van der Waals surface area contributed by atoms with Gasteiger partial charge in [-0.1, -0.05) is 37.8 Å². The van der Waals surface area contributed by atoms with Gasteiger partial charge in [0.25, 0.3) is 0 Å². The summed E-state index contributed by atoms with van der Waals surface area (Å²) in [5, 5.41) is 13.5. The Balaban J connectivity index is 1.68. The summed E-state index contributed by atoms with van der Waals surface area (Å²) in [5.41, 5.74) is 10.1. The van der Waals surface area contributed by atoms with Crippen LogP contribution in [0.3, 0.4) is 0 Å². The first kappa shape index (κ1) is 23.4. The summed E-state index contributed by atoms with van der Waals surface area (Å²) >= 11 is 0. The number of ether oxygens (including phenoxy) is 1. The van der Waals surface area contributed by atoms with E-state index in [0.29, 0.717) is 19.0 Å². The standard InChI is InChI=1S/C26H37N5O2/c1-4-24(27)30-26(32)20-15-18-14-17(2)10-11-21(18)29-25(20)31-13-12-22(23(16-31)33-3)28-19-8-6-5-7-9-19/h10-11,14-15,19,24,28H,4-9,12-13,16,27H2,1-3H3,(H,30,32)/p+1. The number of aromatic nitrogens is 1. The Bertz CT molecular complexity index is 1040. The lowest BCUT2D eigenvalue weighted by molar-refractivity contribution is 0.263. The van der Waals surface area contributed by atoms with Crippen LogP contribution in [0.15, 0.2) is 40.7 Å². The monoisotopic (exact) mass is 452 g/mol. The quantitative estimate of drug-likeness (QED) is 0.379. The van der Waals surface area contributed by atoms with Gasteiger partial charge in [-0.25, -0.2) is 4.98 Å². The van der Waals surface area contributed by atoms with Crippen LogP contribution in [0.2, 0.25) is 0 Å². The predicted octanol–water partition coefficient (Wildman–Crippen LogP) is 3.70. The zero-order valence-electron chi connectivity index (χ0n) is 20.2. The van der Waals surface area contributed by atoms with Crippen LogP contribution in [-0.2, 0) is 4.74 Å². The molecule has 1 aromatic heterocycles. The molecule has 0 amide bonds. The molecule has 0 spiro atoms. The summed E-state index contributed by atoms with van der Waals surface area (Å²) in [6.45, 7) is 5.48. The first-order valence-corrected chi connectivity index (χ1v) is 12.2. The molecule has 178 valence electrons. The third-order valence-corrected chi connectivity index (χ3v) is 6.75. The van der Waals surface area contributed by atoms with E-state index in [1.807, 2.05) is 19.1 Å². The van der Waals surface area contributed by atoms with Crippen LogP contribution >= 0.6 is 0 Å². The van der Waals surface area contributed by atoms with Gasteiger partial charge in [0.15, 0.2) is 0 Å². The molecule has 1 saturated carbocycles. The van der Waals surface area contributed by atoms with Crippen molar-refractivity contribution in [1.82, 2.24) is 10.3 Å². The Morgan fingerprint density at radius 1 is 1.30 bits per heavy atom. The lowest BCUT2D eigenvalue weighted by Crippen LogP contribution is -2.40. The normalized spacial score (nSPS) is 19.2. The van der Waals surface area contributed by atoms with Crippen molar-refractivity contribution in [2.24, 2.45) is 10.7 Å². The van der Waals surface area contributed by atoms with Gasteiger partial charge in [-0.15, -0.1) is 0 Å². The van der Waals surface area contributed by atoms with E-state index in [9.17, 15) is 0 Å². The highest BCUT2D eigenvalue weighted by Gasteiger charge is 2.28. The van der Waals surface area contributed by atoms with Crippen molar-refractivity contribution in [2.45, 2.75) is 71.0 Å². The summed E-state index contributed by atoms with van der Waals surface area (Å²) in [4.78, 5) is 11.6. The van der Waals surface area contributed by atoms with E-state index < -0.39 is 0 Å². The van der Waals surface area contributed by atoms with Crippen molar-refractivity contribution in [1.29, 1.82) is 0 Å². The van der Waals surface area contributed by atoms with Gasteiger partial charge in [0.05, 0.1) is 24.9 Å². The number of nitrogens with one attached hydrogen (secondary N) is 1. The second-order valence-electron chi connectivity index (χ2n) is 9.27. The molecule has 1 fully saturated rings. The molecule has 0 bridgehead atoms. The van der Waals surface area contributed by atoms with Crippen molar-refractivity contribution in [3.63, 3.8) is 0 Å². The van der Waals surface area contributed by atoms with Crippen LogP contribution in [0.1, 0.15) is 63.0 Å². The highest BCUT2D eigenvalue weighted by atomic mass is 16.5. The molecule has 7 heteroatoms. The SMILES string of the molecule is CCC(N)/N=C(\[OH2+])c1cc2cc(C)ccc2nc1N1CCC(NC2CCCCC2)=C(OC)C1. The van der Waals surface area contributed by atoms with E-state index >= 15 is 0 Å². The molecule has 33 heavy (non-hydrogen) atoms. The highest BCUT2D eigenvalue weighted by molar-refractivity contribution is 6.01. The Morgan fingerprint density at radius 2 is 2.09 bits per heavy atom. The highest BCUT2D eigenvalue weighted by Crippen LogP contribution is 2.30. The smallest absolute Gasteiger partial charge is 0.365 e. The molecule has 0 saturated heterocycles. The van der Waals surface area contributed by atoms with Crippen molar-refractivity contribution in [3.05, 3.63) is 46.8 Å².